The maximum absolute atomic E-state index is 13.8. The van der Waals surface area contributed by atoms with Gasteiger partial charge >= 0.3 is 15.4 Å². The molecule has 7 nitrogen and oxygen atoms in total. The fourth-order valence-corrected chi connectivity index (χ4v) is 2.82. The molecular formula is C12H17F2NO6S. The van der Waals surface area contributed by atoms with Crippen LogP contribution < -0.4 is 4.28 Å². The van der Waals surface area contributed by atoms with Crippen molar-refractivity contribution in [3.63, 3.8) is 0 Å². The van der Waals surface area contributed by atoms with E-state index in [1.54, 1.807) is 0 Å². The molecule has 1 aliphatic rings. The number of nitrogens with zero attached hydrogens (tertiary/aromatic N) is 1. The number of aromatic nitrogens is 1. The van der Waals surface area contributed by atoms with Crippen LogP contribution in [0.15, 0.2) is 12.1 Å². The van der Waals surface area contributed by atoms with Crippen LogP contribution >= 0.6 is 0 Å². The van der Waals surface area contributed by atoms with Crippen molar-refractivity contribution in [1.29, 1.82) is 0 Å². The molecule has 0 atom stereocenters. The van der Waals surface area contributed by atoms with E-state index in [1.807, 2.05) is 0 Å². The fourth-order valence-electron chi connectivity index (χ4n) is 2.15. The molecule has 1 aromatic rings. The predicted molar refractivity (Wildman–Crippen MR) is 71.0 cm³/mol. The zero-order chi connectivity index (χ0) is 16.4. The molecule has 0 bridgehead atoms. The van der Waals surface area contributed by atoms with Crippen LogP contribution in [0.4, 0.5) is 8.78 Å². The second-order valence-corrected chi connectivity index (χ2v) is 6.74. The van der Waals surface area contributed by atoms with Crippen LogP contribution in [-0.2, 0) is 14.9 Å². The lowest BCUT2D eigenvalue weighted by Gasteiger charge is -2.24. The molecule has 1 aliphatic carbocycles. The van der Waals surface area contributed by atoms with Crippen molar-refractivity contribution in [2.24, 2.45) is 0 Å². The van der Waals surface area contributed by atoms with Crippen LogP contribution in [0.25, 0.3) is 0 Å². The van der Waals surface area contributed by atoms with Crippen molar-refractivity contribution in [2.75, 3.05) is 6.61 Å². The molecule has 10 heteroatoms. The molecule has 1 aromatic heterocycles. The van der Waals surface area contributed by atoms with Gasteiger partial charge in [-0.25, -0.2) is 0 Å². The summed E-state index contributed by atoms with van der Waals surface area (Å²) in [7, 11) is -5.44. The first-order chi connectivity index (χ1) is 10.2. The fraction of sp³-hybridized carbons (Fsp3) is 0.667. The quantitative estimate of drug-likeness (QED) is 0.816. The van der Waals surface area contributed by atoms with Crippen LogP contribution in [0, 0.1) is 0 Å². The molecule has 1 fully saturated rings. The Morgan fingerprint density at radius 2 is 1.73 bits per heavy atom. The van der Waals surface area contributed by atoms with E-state index in [0.717, 1.165) is 31.4 Å². The number of hydrogen-bond acceptors (Lipinski definition) is 6. The predicted octanol–water partition coefficient (Wildman–Crippen LogP) is 1.60. The second kappa shape index (κ2) is 6.29. The van der Waals surface area contributed by atoms with Crippen molar-refractivity contribution in [3.05, 3.63) is 12.1 Å². The number of aromatic hydroxyl groups is 2. The van der Waals surface area contributed by atoms with E-state index in [-0.39, 0.29) is 4.73 Å². The highest BCUT2D eigenvalue weighted by Gasteiger charge is 2.49. The monoisotopic (exact) mass is 341 g/mol. The van der Waals surface area contributed by atoms with Crippen molar-refractivity contribution in [2.45, 2.75) is 43.5 Å². The average Bonchev–Trinajstić information content (AvgIpc) is 2.78. The third-order valence-corrected chi connectivity index (χ3v) is 4.57. The minimum Gasteiger partial charge on any atom is -0.492 e. The van der Waals surface area contributed by atoms with Gasteiger partial charge in [0, 0.05) is 12.1 Å². The zero-order valence-electron chi connectivity index (χ0n) is 11.6. The van der Waals surface area contributed by atoms with Gasteiger partial charge in [-0.15, -0.1) is 0 Å². The van der Waals surface area contributed by atoms with Crippen molar-refractivity contribution in [3.8, 4) is 11.8 Å². The number of rotatable bonds is 6. The molecule has 126 valence electrons. The normalized spacial score (nSPS) is 17.5. The molecule has 0 saturated heterocycles. The van der Waals surface area contributed by atoms with Crippen LogP contribution in [0.3, 0.4) is 0 Å². The third-order valence-electron chi connectivity index (χ3n) is 3.38. The maximum atomic E-state index is 13.8. The number of alkyl halides is 2. The number of ether oxygens (including phenoxy) is 1. The van der Waals surface area contributed by atoms with Gasteiger partial charge in [0.2, 0.25) is 11.8 Å². The minimum absolute atomic E-state index is 0.0101. The second-order valence-electron chi connectivity index (χ2n) is 5.08. The molecule has 22 heavy (non-hydrogen) atoms. The van der Waals surface area contributed by atoms with Gasteiger partial charge in [-0.2, -0.15) is 17.2 Å². The summed E-state index contributed by atoms with van der Waals surface area (Å²) in [6.07, 6.45) is 3.52. The minimum atomic E-state index is -5.44. The highest BCUT2D eigenvalue weighted by molar-refractivity contribution is 7.88. The third kappa shape index (κ3) is 3.61. The van der Waals surface area contributed by atoms with Gasteiger partial charge in [0.25, 0.3) is 0 Å². The SMILES string of the molecule is O=S(=O)(On1c(O)ccc1O)C(F)(F)COC1CCCCC1. The first-order valence-electron chi connectivity index (χ1n) is 6.76. The molecule has 0 aliphatic heterocycles. The lowest BCUT2D eigenvalue weighted by Crippen LogP contribution is -2.41. The molecule has 0 spiro atoms. The summed E-state index contributed by atoms with van der Waals surface area (Å²) in [5, 5.41) is 14.2. The average molecular weight is 341 g/mol. The van der Waals surface area contributed by atoms with E-state index in [9.17, 15) is 27.4 Å². The molecule has 0 amide bonds. The Morgan fingerprint density at radius 1 is 1.18 bits per heavy atom. The van der Waals surface area contributed by atoms with Gasteiger partial charge in [0.15, 0.2) is 0 Å². The Hall–Kier alpha value is -1.55. The van der Waals surface area contributed by atoms with Crippen molar-refractivity contribution >= 4 is 10.1 Å². The summed E-state index contributed by atoms with van der Waals surface area (Å²) >= 11 is 0. The summed E-state index contributed by atoms with van der Waals surface area (Å²) in [5.74, 6) is -1.66. The molecule has 0 radical (unpaired) electrons. The summed E-state index contributed by atoms with van der Waals surface area (Å²) < 4.78 is 59.8. The molecular weight excluding hydrogens is 324 g/mol. The van der Waals surface area contributed by atoms with Gasteiger partial charge in [0.05, 0.1) is 6.10 Å². The van der Waals surface area contributed by atoms with Gasteiger partial charge in [-0.3, -0.25) is 4.28 Å². The van der Waals surface area contributed by atoms with Crippen LogP contribution in [-0.4, -0.2) is 41.3 Å². The van der Waals surface area contributed by atoms with E-state index in [0.29, 0.717) is 12.8 Å². The number of halogens is 2. The van der Waals surface area contributed by atoms with E-state index < -0.39 is 39.8 Å². The highest BCUT2D eigenvalue weighted by atomic mass is 32.2. The Labute approximate surface area is 126 Å². The van der Waals surface area contributed by atoms with E-state index in [2.05, 4.69) is 4.28 Å². The largest absolute Gasteiger partial charge is 0.492 e. The Balaban J connectivity index is 2.02. The van der Waals surface area contributed by atoms with Gasteiger partial charge in [-0.05, 0) is 12.8 Å². The van der Waals surface area contributed by atoms with Crippen LogP contribution in [0.1, 0.15) is 32.1 Å². The standard InChI is InChI=1S/C12H17F2NO6S/c13-12(14,8-20-9-4-2-1-3-5-9)22(18,19)21-15-10(16)6-7-11(15)17/h6-7,9,16-17H,1-5,8H2. The Kier molecular flexibility index (Phi) is 4.81. The van der Waals surface area contributed by atoms with Crippen molar-refractivity contribution in [1.82, 2.24) is 4.73 Å². The summed E-state index contributed by atoms with van der Waals surface area (Å²) in [6.45, 7) is -1.34. The highest BCUT2D eigenvalue weighted by Crippen LogP contribution is 2.28. The van der Waals surface area contributed by atoms with Gasteiger partial charge in [0.1, 0.15) is 6.61 Å². The summed E-state index contributed by atoms with van der Waals surface area (Å²) in [6, 6.07) is 1.78. The first-order valence-corrected chi connectivity index (χ1v) is 8.17. The maximum Gasteiger partial charge on any atom is 0.404 e. The molecule has 1 saturated carbocycles. The Morgan fingerprint density at radius 3 is 2.27 bits per heavy atom. The molecule has 0 unspecified atom stereocenters. The smallest absolute Gasteiger partial charge is 0.404 e. The van der Waals surface area contributed by atoms with E-state index >= 15 is 0 Å². The molecule has 0 aromatic carbocycles. The van der Waals surface area contributed by atoms with Crippen LogP contribution in [0.5, 0.6) is 11.8 Å². The lowest BCUT2D eigenvalue weighted by molar-refractivity contribution is -0.0639. The number of hydrogen-bond donors (Lipinski definition) is 2. The first kappa shape index (κ1) is 16.8. The zero-order valence-corrected chi connectivity index (χ0v) is 12.4. The topological polar surface area (TPSA) is 98.0 Å². The summed E-state index contributed by atoms with van der Waals surface area (Å²) in [4.78, 5) is 0. The molecule has 2 rings (SSSR count). The van der Waals surface area contributed by atoms with Gasteiger partial charge < -0.3 is 14.9 Å². The van der Waals surface area contributed by atoms with E-state index in [1.165, 1.54) is 0 Å². The molecule has 1 heterocycles. The van der Waals surface area contributed by atoms with Gasteiger partial charge in [-0.1, -0.05) is 24.0 Å². The summed E-state index contributed by atoms with van der Waals surface area (Å²) in [5.41, 5.74) is 0. The van der Waals surface area contributed by atoms with Crippen molar-refractivity contribution < 1.29 is 36.4 Å². The van der Waals surface area contributed by atoms with Crippen LogP contribution in [0.2, 0.25) is 0 Å². The Bertz CT molecular complexity index is 590. The molecule has 2 N–H and O–H groups in total. The van der Waals surface area contributed by atoms with E-state index in [4.69, 9.17) is 4.74 Å². The lowest BCUT2D eigenvalue weighted by atomic mass is 9.98.